The van der Waals surface area contributed by atoms with Crippen molar-refractivity contribution >= 4 is 17.6 Å². The van der Waals surface area contributed by atoms with Gasteiger partial charge in [-0.2, -0.15) is 13.2 Å². The third kappa shape index (κ3) is 3.69. The van der Waals surface area contributed by atoms with Crippen LogP contribution >= 0.6 is 0 Å². The molecule has 0 spiro atoms. The van der Waals surface area contributed by atoms with Gasteiger partial charge in [-0.05, 0) is 37.3 Å². The highest BCUT2D eigenvalue weighted by molar-refractivity contribution is 5.95. The Morgan fingerprint density at radius 3 is 2.69 bits per heavy atom. The van der Waals surface area contributed by atoms with Gasteiger partial charge in [-0.25, -0.2) is 4.79 Å². The molecular formula is C21H20F3N3O2. The summed E-state index contributed by atoms with van der Waals surface area (Å²) in [4.78, 5) is 25.5. The summed E-state index contributed by atoms with van der Waals surface area (Å²) in [6, 6.07) is 3.56. The summed E-state index contributed by atoms with van der Waals surface area (Å²) in [5.74, 6) is 4.85. The van der Waals surface area contributed by atoms with Crippen molar-refractivity contribution in [2.45, 2.75) is 37.4 Å². The Balaban J connectivity index is 1.71. The van der Waals surface area contributed by atoms with Crippen molar-refractivity contribution < 1.29 is 22.8 Å². The quantitative estimate of drug-likeness (QED) is 0.745. The van der Waals surface area contributed by atoms with E-state index in [-0.39, 0.29) is 23.1 Å². The Morgan fingerprint density at radius 1 is 1.28 bits per heavy atom. The van der Waals surface area contributed by atoms with Crippen LogP contribution in [0.15, 0.2) is 29.8 Å². The maximum absolute atomic E-state index is 14.1. The summed E-state index contributed by atoms with van der Waals surface area (Å²) in [6.45, 7) is 0.601. The molecule has 1 aromatic carbocycles. The number of benzene rings is 1. The van der Waals surface area contributed by atoms with Gasteiger partial charge in [0, 0.05) is 36.8 Å². The van der Waals surface area contributed by atoms with Crippen molar-refractivity contribution in [3.63, 3.8) is 0 Å². The summed E-state index contributed by atoms with van der Waals surface area (Å²) in [5, 5.41) is 4.48. The van der Waals surface area contributed by atoms with Crippen LogP contribution in [0.4, 0.5) is 23.7 Å². The van der Waals surface area contributed by atoms with E-state index < -0.39 is 17.7 Å². The highest BCUT2D eigenvalue weighted by Gasteiger charge is 2.59. The van der Waals surface area contributed by atoms with E-state index in [0.717, 1.165) is 24.0 Å². The average molecular weight is 403 g/mol. The molecule has 3 amide bonds. The smallest absolute Gasteiger partial charge is 0.342 e. The van der Waals surface area contributed by atoms with Crippen molar-refractivity contribution in [2.75, 3.05) is 18.9 Å². The third-order valence-electron chi connectivity index (χ3n) is 5.41. The van der Waals surface area contributed by atoms with Gasteiger partial charge in [-0.1, -0.05) is 29.5 Å². The van der Waals surface area contributed by atoms with Crippen LogP contribution in [0.2, 0.25) is 0 Å². The number of fused-ring (bicyclic) bond motifs is 1. The number of likely N-dealkylation sites (N-methyl/N-ethyl adjacent to an activating group) is 1. The largest absolute Gasteiger partial charge is 0.427 e. The van der Waals surface area contributed by atoms with Gasteiger partial charge >= 0.3 is 12.2 Å². The lowest BCUT2D eigenvalue weighted by Crippen LogP contribution is -2.59. The van der Waals surface area contributed by atoms with E-state index in [1.165, 1.54) is 12.1 Å². The second-order valence-corrected chi connectivity index (χ2v) is 7.74. The first-order valence-electron chi connectivity index (χ1n) is 9.44. The predicted molar refractivity (Wildman–Crippen MR) is 101 cm³/mol. The van der Waals surface area contributed by atoms with Crippen molar-refractivity contribution in [3.05, 3.63) is 41.0 Å². The Labute approximate surface area is 166 Å². The number of carbonyl (C=O) groups is 2. The monoisotopic (exact) mass is 403 g/mol. The second-order valence-electron chi connectivity index (χ2n) is 7.74. The van der Waals surface area contributed by atoms with Gasteiger partial charge in [0.2, 0.25) is 11.4 Å². The lowest BCUT2D eigenvalue weighted by atomic mass is 9.85. The van der Waals surface area contributed by atoms with Gasteiger partial charge in [-0.15, -0.1) is 0 Å². The van der Waals surface area contributed by atoms with E-state index in [4.69, 9.17) is 0 Å². The number of nitrogens with one attached hydrogen (secondary N) is 2. The van der Waals surface area contributed by atoms with E-state index in [1.807, 2.05) is 5.32 Å². The zero-order chi connectivity index (χ0) is 20.8. The van der Waals surface area contributed by atoms with Crippen molar-refractivity contribution in [1.29, 1.82) is 0 Å². The minimum atomic E-state index is -4.77. The fraction of sp³-hybridized carbons (Fsp3) is 0.429. The fourth-order valence-electron chi connectivity index (χ4n) is 3.53. The van der Waals surface area contributed by atoms with E-state index in [2.05, 4.69) is 17.2 Å². The minimum absolute atomic E-state index is 0.0438. The Morgan fingerprint density at radius 2 is 2.03 bits per heavy atom. The highest BCUT2D eigenvalue weighted by atomic mass is 19.4. The number of amides is 3. The third-order valence-corrected chi connectivity index (χ3v) is 5.41. The molecule has 1 aromatic rings. The van der Waals surface area contributed by atoms with Crippen molar-refractivity contribution in [2.24, 2.45) is 5.92 Å². The SMILES string of the molecule is CN1CCC(Cc2ccc3c(c2)NC(=O)N[C@]3(C#CC2CC2)C(F)(F)F)=CC1=O. The molecule has 3 aliphatic rings. The molecule has 2 aliphatic heterocycles. The first-order chi connectivity index (χ1) is 13.7. The maximum Gasteiger partial charge on any atom is 0.427 e. The van der Waals surface area contributed by atoms with Gasteiger partial charge in [0.25, 0.3) is 0 Å². The zero-order valence-corrected chi connectivity index (χ0v) is 15.8. The van der Waals surface area contributed by atoms with E-state index >= 15 is 0 Å². The summed E-state index contributed by atoms with van der Waals surface area (Å²) < 4.78 is 42.2. The molecule has 1 atom stereocenters. The number of rotatable bonds is 2. The van der Waals surface area contributed by atoms with Gasteiger partial charge in [-0.3, -0.25) is 4.79 Å². The highest BCUT2D eigenvalue weighted by Crippen LogP contribution is 2.44. The summed E-state index contributed by atoms with van der Waals surface area (Å²) in [5.41, 5.74) is -1.12. The minimum Gasteiger partial charge on any atom is -0.342 e. The molecule has 0 bridgehead atoms. The van der Waals surface area contributed by atoms with Crippen LogP contribution in [0.3, 0.4) is 0 Å². The number of nitrogens with zero attached hydrogens (tertiary/aromatic N) is 1. The fourth-order valence-corrected chi connectivity index (χ4v) is 3.53. The molecule has 0 radical (unpaired) electrons. The molecule has 0 aromatic heterocycles. The molecule has 8 heteroatoms. The molecule has 29 heavy (non-hydrogen) atoms. The van der Waals surface area contributed by atoms with E-state index in [1.54, 1.807) is 24.1 Å². The summed E-state index contributed by atoms with van der Waals surface area (Å²) in [7, 11) is 1.72. The number of hydrogen-bond acceptors (Lipinski definition) is 2. The molecule has 0 saturated heterocycles. The number of urea groups is 1. The molecule has 1 fully saturated rings. The number of hydrogen-bond donors (Lipinski definition) is 2. The molecule has 2 heterocycles. The van der Waals surface area contributed by atoms with Crippen LogP contribution in [-0.2, 0) is 16.8 Å². The predicted octanol–water partition coefficient (Wildman–Crippen LogP) is 3.32. The van der Waals surface area contributed by atoms with Crippen LogP contribution in [0.25, 0.3) is 0 Å². The van der Waals surface area contributed by atoms with Gasteiger partial charge in [0.15, 0.2) is 0 Å². The number of carbonyl (C=O) groups excluding carboxylic acids is 2. The Kier molecular flexibility index (Phi) is 4.56. The van der Waals surface area contributed by atoms with E-state index in [9.17, 15) is 22.8 Å². The van der Waals surface area contributed by atoms with Crippen LogP contribution in [0.1, 0.15) is 30.4 Å². The lowest BCUT2D eigenvalue weighted by molar-refractivity contribution is -0.178. The van der Waals surface area contributed by atoms with Crippen LogP contribution in [0.5, 0.6) is 0 Å². The lowest BCUT2D eigenvalue weighted by Gasteiger charge is -2.37. The average Bonchev–Trinajstić information content (AvgIpc) is 3.46. The maximum atomic E-state index is 14.1. The second kappa shape index (κ2) is 6.83. The number of anilines is 1. The topological polar surface area (TPSA) is 61.4 Å². The normalized spacial score (nSPS) is 24.0. The van der Waals surface area contributed by atoms with Gasteiger partial charge in [0.1, 0.15) is 0 Å². The van der Waals surface area contributed by atoms with Crippen LogP contribution < -0.4 is 10.6 Å². The van der Waals surface area contributed by atoms with Gasteiger partial charge < -0.3 is 15.5 Å². The molecule has 2 N–H and O–H groups in total. The van der Waals surface area contributed by atoms with Crippen LogP contribution in [0, 0.1) is 17.8 Å². The molecular weight excluding hydrogens is 383 g/mol. The zero-order valence-electron chi connectivity index (χ0n) is 15.8. The van der Waals surface area contributed by atoms with Gasteiger partial charge in [0.05, 0.1) is 0 Å². The number of alkyl halides is 3. The number of halogens is 3. The first kappa shape index (κ1) is 19.4. The van der Waals surface area contributed by atoms with Crippen LogP contribution in [-0.4, -0.2) is 36.6 Å². The molecule has 4 rings (SSSR count). The van der Waals surface area contributed by atoms with E-state index in [0.29, 0.717) is 19.4 Å². The molecule has 1 aliphatic carbocycles. The standard InChI is InChI=1S/C21H20F3N3O2/c1-27-9-7-15(12-18(27)28)10-14-4-5-16-17(11-14)25-19(29)26-20(16,21(22,23)24)8-6-13-2-3-13/h4-5,11-13H,2-3,7,9-10H2,1H3,(H2,25,26,29)/t20-/m0/s1. The molecule has 5 nitrogen and oxygen atoms in total. The Hall–Kier alpha value is -2.95. The molecule has 0 unspecified atom stereocenters. The Bertz CT molecular complexity index is 970. The first-order valence-corrected chi connectivity index (χ1v) is 9.44. The molecule has 1 saturated carbocycles. The summed E-state index contributed by atoms with van der Waals surface area (Å²) in [6.07, 6.45) is -0.518. The summed E-state index contributed by atoms with van der Waals surface area (Å²) >= 11 is 0. The molecule has 152 valence electrons. The van der Waals surface area contributed by atoms with Crippen molar-refractivity contribution in [1.82, 2.24) is 10.2 Å². The van der Waals surface area contributed by atoms with Crippen molar-refractivity contribution in [3.8, 4) is 11.8 Å².